The monoisotopic (exact) mass is 379 g/mol. The number of benzene rings is 2. The van der Waals surface area contributed by atoms with Crippen LogP contribution in [-0.2, 0) is 11.3 Å². The number of ether oxygens (including phenoxy) is 1. The van der Waals surface area contributed by atoms with Crippen molar-refractivity contribution in [3.8, 4) is 0 Å². The summed E-state index contributed by atoms with van der Waals surface area (Å²) >= 11 is 0. The van der Waals surface area contributed by atoms with Crippen molar-refractivity contribution in [3.63, 3.8) is 0 Å². The van der Waals surface area contributed by atoms with Crippen LogP contribution in [0.4, 0.5) is 11.4 Å². The van der Waals surface area contributed by atoms with Crippen molar-refractivity contribution in [2.75, 3.05) is 49.6 Å². The zero-order valence-corrected chi connectivity index (χ0v) is 15.8. The highest BCUT2D eigenvalue weighted by molar-refractivity contribution is 5.95. The molecule has 2 aliphatic rings. The molecule has 0 bridgehead atoms. The van der Waals surface area contributed by atoms with Crippen molar-refractivity contribution in [1.29, 1.82) is 0 Å². The van der Waals surface area contributed by atoms with E-state index in [0.717, 1.165) is 62.3 Å². The third-order valence-corrected chi connectivity index (χ3v) is 4.85. The fraction of sp³-hybridized carbons (Fsp3) is 0.333. The molecule has 7 heteroatoms. The van der Waals surface area contributed by atoms with Gasteiger partial charge in [0.1, 0.15) is 0 Å². The Balaban J connectivity index is 1.28. The standard InChI is InChI=1S/C21H25N5O2/c27-20(17-3-7-19(8-4-17)26-11-13-28-14-12-26)24-15-16-1-5-18(6-2-16)25-21-22-9-10-23-21/h1-8H,9-15H2,(H,24,27)(H2,22,23,25). The summed E-state index contributed by atoms with van der Waals surface area (Å²) in [6, 6.07) is 15.7. The number of anilines is 2. The van der Waals surface area contributed by atoms with E-state index in [-0.39, 0.29) is 5.91 Å². The van der Waals surface area contributed by atoms with E-state index in [1.807, 2.05) is 48.5 Å². The van der Waals surface area contributed by atoms with E-state index in [4.69, 9.17) is 4.74 Å². The van der Waals surface area contributed by atoms with Gasteiger partial charge in [-0.3, -0.25) is 9.79 Å². The summed E-state index contributed by atoms with van der Waals surface area (Å²) in [4.78, 5) is 19.0. The highest BCUT2D eigenvalue weighted by Crippen LogP contribution is 2.17. The van der Waals surface area contributed by atoms with Crippen LogP contribution in [0.3, 0.4) is 0 Å². The van der Waals surface area contributed by atoms with Crippen molar-refractivity contribution >= 4 is 23.2 Å². The molecule has 2 aromatic rings. The zero-order chi connectivity index (χ0) is 19.2. The van der Waals surface area contributed by atoms with Crippen molar-refractivity contribution in [2.45, 2.75) is 6.54 Å². The SMILES string of the molecule is O=C(NCc1ccc(NC2=NCCN2)cc1)c1ccc(N2CCOCC2)cc1. The number of hydrogen-bond acceptors (Lipinski definition) is 6. The number of rotatable bonds is 5. The molecule has 28 heavy (non-hydrogen) atoms. The van der Waals surface area contributed by atoms with Crippen LogP contribution in [0.2, 0.25) is 0 Å². The fourth-order valence-corrected chi connectivity index (χ4v) is 3.25. The Morgan fingerprint density at radius 1 is 1.07 bits per heavy atom. The van der Waals surface area contributed by atoms with Gasteiger partial charge in [0, 0.05) is 43.1 Å². The van der Waals surface area contributed by atoms with Gasteiger partial charge < -0.3 is 25.6 Å². The molecule has 0 aromatic heterocycles. The lowest BCUT2D eigenvalue weighted by molar-refractivity contribution is 0.0951. The Bertz CT molecular complexity index is 827. The van der Waals surface area contributed by atoms with Crippen LogP contribution in [0.25, 0.3) is 0 Å². The molecule has 146 valence electrons. The predicted molar refractivity (Wildman–Crippen MR) is 111 cm³/mol. The van der Waals surface area contributed by atoms with Gasteiger partial charge in [-0.05, 0) is 42.0 Å². The molecule has 1 saturated heterocycles. The van der Waals surface area contributed by atoms with Crippen LogP contribution in [0.5, 0.6) is 0 Å². The summed E-state index contributed by atoms with van der Waals surface area (Å²) in [6.07, 6.45) is 0. The highest BCUT2D eigenvalue weighted by atomic mass is 16.5. The largest absolute Gasteiger partial charge is 0.378 e. The van der Waals surface area contributed by atoms with Crippen LogP contribution < -0.4 is 20.9 Å². The van der Waals surface area contributed by atoms with Crippen molar-refractivity contribution in [1.82, 2.24) is 10.6 Å². The van der Waals surface area contributed by atoms with E-state index in [1.54, 1.807) is 0 Å². The van der Waals surface area contributed by atoms with Gasteiger partial charge in [-0.2, -0.15) is 0 Å². The number of nitrogens with one attached hydrogen (secondary N) is 3. The molecule has 2 aromatic carbocycles. The maximum Gasteiger partial charge on any atom is 0.251 e. The summed E-state index contributed by atoms with van der Waals surface area (Å²) in [5.41, 5.74) is 3.82. The van der Waals surface area contributed by atoms with Gasteiger partial charge >= 0.3 is 0 Å². The van der Waals surface area contributed by atoms with Crippen LogP contribution in [-0.4, -0.2) is 51.3 Å². The molecule has 7 nitrogen and oxygen atoms in total. The summed E-state index contributed by atoms with van der Waals surface area (Å²) in [5, 5.41) is 9.38. The van der Waals surface area contributed by atoms with Gasteiger partial charge in [0.25, 0.3) is 5.91 Å². The number of carbonyl (C=O) groups is 1. The summed E-state index contributed by atoms with van der Waals surface area (Å²) in [6.45, 7) is 5.45. The lowest BCUT2D eigenvalue weighted by Gasteiger charge is -2.28. The second-order valence-electron chi connectivity index (χ2n) is 6.81. The lowest BCUT2D eigenvalue weighted by atomic mass is 10.1. The van der Waals surface area contributed by atoms with E-state index < -0.39 is 0 Å². The van der Waals surface area contributed by atoms with Crippen molar-refractivity contribution in [2.24, 2.45) is 4.99 Å². The van der Waals surface area contributed by atoms with E-state index in [1.165, 1.54) is 0 Å². The molecular weight excluding hydrogens is 354 g/mol. The molecule has 0 saturated carbocycles. The maximum atomic E-state index is 12.4. The maximum absolute atomic E-state index is 12.4. The number of morpholine rings is 1. The van der Waals surface area contributed by atoms with Gasteiger partial charge in [0.05, 0.1) is 19.8 Å². The topological polar surface area (TPSA) is 78.0 Å². The van der Waals surface area contributed by atoms with Crippen molar-refractivity contribution < 1.29 is 9.53 Å². The van der Waals surface area contributed by atoms with Gasteiger partial charge in [0.2, 0.25) is 0 Å². The van der Waals surface area contributed by atoms with Gasteiger partial charge in [-0.1, -0.05) is 12.1 Å². The average Bonchev–Trinajstić information content (AvgIpc) is 3.27. The summed E-state index contributed by atoms with van der Waals surface area (Å²) in [7, 11) is 0. The minimum atomic E-state index is -0.0692. The molecule has 0 spiro atoms. The Morgan fingerprint density at radius 3 is 2.50 bits per heavy atom. The first-order valence-electron chi connectivity index (χ1n) is 9.63. The molecule has 2 heterocycles. The van der Waals surface area contributed by atoms with Crippen LogP contribution >= 0.6 is 0 Å². The van der Waals surface area contributed by atoms with E-state index in [2.05, 4.69) is 25.8 Å². The number of nitrogens with zero attached hydrogens (tertiary/aromatic N) is 2. The number of hydrogen-bond donors (Lipinski definition) is 3. The van der Waals surface area contributed by atoms with Gasteiger partial charge in [0.15, 0.2) is 5.96 Å². The van der Waals surface area contributed by atoms with E-state index in [9.17, 15) is 4.79 Å². The van der Waals surface area contributed by atoms with E-state index >= 15 is 0 Å². The molecule has 4 rings (SSSR count). The quantitative estimate of drug-likeness (QED) is 0.739. The Morgan fingerprint density at radius 2 is 1.82 bits per heavy atom. The number of guanidine groups is 1. The number of amides is 1. The first-order chi connectivity index (χ1) is 13.8. The Labute approximate surface area is 164 Å². The molecule has 0 aliphatic carbocycles. The number of aliphatic imine (C=N–C) groups is 1. The Kier molecular flexibility index (Phi) is 5.72. The number of carbonyl (C=O) groups excluding carboxylic acids is 1. The summed E-state index contributed by atoms with van der Waals surface area (Å²) in [5.74, 6) is 0.738. The smallest absolute Gasteiger partial charge is 0.251 e. The van der Waals surface area contributed by atoms with Gasteiger partial charge in [-0.15, -0.1) is 0 Å². The lowest BCUT2D eigenvalue weighted by Crippen LogP contribution is -2.36. The first kappa shape index (κ1) is 18.3. The third-order valence-electron chi connectivity index (χ3n) is 4.85. The van der Waals surface area contributed by atoms with E-state index in [0.29, 0.717) is 12.1 Å². The molecular formula is C21H25N5O2. The van der Waals surface area contributed by atoms with Crippen LogP contribution in [0.1, 0.15) is 15.9 Å². The minimum Gasteiger partial charge on any atom is -0.378 e. The molecule has 1 amide bonds. The normalized spacial score (nSPS) is 16.3. The molecule has 0 unspecified atom stereocenters. The van der Waals surface area contributed by atoms with Crippen molar-refractivity contribution in [3.05, 3.63) is 59.7 Å². The average molecular weight is 379 g/mol. The minimum absolute atomic E-state index is 0.0692. The summed E-state index contributed by atoms with van der Waals surface area (Å²) < 4.78 is 5.38. The second-order valence-corrected chi connectivity index (χ2v) is 6.81. The molecule has 2 aliphatic heterocycles. The zero-order valence-electron chi connectivity index (χ0n) is 15.8. The Hall–Kier alpha value is -3.06. The molecule has 1 fully saturated rings. The van der Waals surface area contributed by atoms with Gasteiger partial charge in [-0.25, -0.2) is 0 Å². The molecule has 0 atom stereocenters. The third kappa shape index (κ3) is 4.61. The molecule has 0 radical (unpaired) electrons. The predicted octanol–water partition coefficient (Wildman–Crippen LogP) is 1.82. The van der Waals surface area contributed by atoms with Crippen LogP contribution in [0, 0.1) is 0 Å². The second kappa shape index (κ2) is 8.75. The van der Waals surface area contributed by atoms with Crippen LogP contribution in [0.15, 0.2) is 53.5 Å². The highest BCUT2D eigenvalue weighted by Gasteiger charge is 2.12. The fourth-order valence-electron chi connectivity index (χ4n) is 3.25. The molecule has 3 N–H and O–H groups in total. The first-order valence-corrected chi connectivity index (χ1v) is 9.63.